The van der Waals surface area contributed by atoms with Crippen molar-refractivity contribution in [2.24, 2.45) is 5.92 Å². The Morgan fingerprint density at radius 1 is 1.30 bits per heavy atom. The lowest BCUT2D eigenvalue weighted by atomic mass is 10.1. The van der Waals surface area contributed by atoms with E-state index < -0.39 is 0 Å². The molecule has 2 heterocycles. The Hall–Kier alpha value is -1.20. The first-order chi connectivity index (χ1) is 9.61. The number of hydrogen-bond donors (Lipinski definition) is 1. The van der Waals surface area contributed by atoms with Crippen LogP contribution in [0.1, 0.15) is 26.0 Å². The molecular weight excluding hydrogens is 250 g/mol. The molecule has 1 aliphatic rings. The molecule has 2 rings (SSSR count). The third-order valence-corrected chi connectivity index (χ3v) is 3.98. The largest absolute Gasteiger partial charge is 0.353 e. The Kier molecular flexibility index (Phi) is 5.31. The van der Waals surface area contributed by atoms with Gasteiger partial charge in [-0.1, -0.05) is 13.8 Å². The minimum Gasteiger partial charge on any atom is -0.353 e. The molecule has 0 radical (unpaired) electrons. The highest BCUT2D eigenvalue weighted by Crippen LogP contribution is 2.24. The van der Waals surface area contributed by atoms with Crippen molar-refractivity contribution in [3.8, 4) is 0 Å². The van der Waals surface area contributed by atoms with Crippen molar-refractivity contribution in [2.75, 3.05) is 38.6 Å². The second kappa shape index (κ2) is 6.99. The van der Waals surface area contributed by atoms with Crippen LogP contribution in [0.25, 0.3) is 0 Å². The first-order valence-electron chi connectivity index (χ1n) is 7.54. The summed E-state index contributed by atoms with van der Waals surface area (Å²) in [7, 11) is 4.30. The van der Waals surface area contributed by atoms with Crippen LogP contribution in [-0.2, 0) is 6.54 Å². The van der Waals surface area contributed by atoms with Gasteiger partial charge in [-0.2, -0.15) is 0 Å². The van der Waals surface area contributed by atoms with Gasteiger partial charge in [-0.25, -0.2) is 4.98 Å². The quantitative estimate of drug-likeness (QED) is 0.796. The minimum atomic E-state index is 0.600. The van der Waals surface area contributed by atoms with E-state index in [1.54, 1.807) is 0 Å². The molecule has 1 saturated heterocycles. The Labute approximate surface area is 122 Å². The molecule has 1 aromatic heterocycles. The summed E-state index contributed by atoms with van der Waals surface area (Å²) in [5.41, 5.74) is 1.01. The van der Waals surface area contributed by atoms with Gasteiger partial charge in [0.05, 0.1) is 18.1 Å². The summed E-state index contributed by atoms with van der Waals surface area (Å²) in [4.78, 5) is 13.7. The number of nitrogens with zero attached hydrogens (tertiary/aromatic N) is 4. The number of anilines is 1. The fourth-order valence-electron chi connectivity index (χ4n) is 2.80. The molecule has 1 aromatic rings. The third-order valence-electron chi connectivity index (χ3n) is 3.98. The zero-order valence-electron chi connectivity index (χ0n) is 13.1. The molecule has 0 spiro atoms. The lowest BCUT2D eigenvalue weighted by Crippen LogP contribution is -2.34. The molecule has 20 heavy (non-hydrogen) atoms. The Balaban J connectivity index is 1.93. The van der Waals surface area contributed by atoms with Gasteiger partial charge in [-0.3, -0.25) is 4.98 Å². The summed E-state index contributed by atoms with van der Waals surface area (Å²) < 4.78 is 0. The second-order valence-corrected chi connectivity index (χ2v) is 5.96. The van der Waals surface area contributed by atoms with Gasteiger partial charge < -0.3 is 15.1 Å². The molecular formula is C15H27N5. The Morgan fingerprint density at radius 2 is 2.10 bits per heavy atom. The highest BCUT2D eigenvalue weighted by molar-refractivity contribution is 5.38. The Bertz CT molecular complexity index is 403. The fraction of sp³-hybridized carbons (Fsp3) is 0.733. The average Bonchev–Trinajstić information content (AvgIpc) is 2.82. The van der Waals surface area contributed by atoms with Gasteiger partial charge in [0, 0.05) is 25.7 Å². The summed E-state index contributed by atoms with van der Waals surface area (Å²) in [6, 6.07) is 0.600. The zero-order valence-corrected chi connectivity index (χ0v) is 13.1. The highest BCUT2D eigenvalue weighted by Gasteiger charge is 2.31. The summed E-state index contributed by atoms with van der Waals surface area (Å²) in [5.74, 6) is 1.66. The highest BCUT2D eigenvalue weighted by atomic mass is 15.3. The van der Waals surface area contributed by atoms with Crippen LogP contribution in [0.2, 0.25) is 0 Å². The van der Waals surface area contributed by atoms with Gasteiger partial charge >= 0.3 is 0 Å². The maximum Gasteiger partial charge on any atom is 0.147 e. The molecule has 0 saturated carbocycles. The molecule has 0 aliphatic carbocycles. The van der Waals surface area contributed by atoms with Crippen LogP contribution < -0.4 is 10.2 Å². The van der Waals surface area contributed by atoms with E-state index in [1.807, 2.05) is 12.4 Å². The van der Waals surface area contributed by atoms with Crippen molar-refractivity contribution in [3.05, 3.63) is 18.1 Å². The first-order valence-corrected chi connectivity index (χ1v) is 7.54. The van der Waals surface area contributed by atoms with Crippen LogP contribution in [0.4, 0.5) is 5.82 Å². The van der Waals surface area contributed by atoms with E-state index in [-0.39, 0.29) is 0 Å². The maximum absolute atomic E-state index is 4.57. The molecule has 1 N–H and O–H groups in total. The van der Waals surface area contributed by atoms with Crippen LogP contribution >= 0.6 is 0 Å². The third kappa shape index (κ3) is 3.67. The number of aromatic nitrogens is 2. The van der Waals surface area contributed by atoms with E-state index >= 15 is 0 Å². The molecule has 1 aliphatic heterocycles. The van der Waals surface area contributed by atoms with Crippen LogP contribution in [-0.4, -0.2) is 54.6 Å². The number of likely N-dealkylation sites (N-methyl/N-ethyl adjacent to an activating group) is 1. The summed E-state index contributed by atoms with van der Waals surface area (Å²) >= 11 is 0. The fourth-order valence-corrected chi connectivity index (χ4v) is 2.80. The number of rotatable bonds is 6. The molecule has 5 nitrogen and oxygen atoms in total. The van der Waals surface area contributed by atoms with Gasteiger partial charge in [-0.05, 0) is 33.0 Å². The van der Waals surface area contributed by atoms with Crippen LogP contribution in [0, 0.1) is 5.92 Å². The van der Waals surface area contributed by atoms with E-state index in [2.05, 4.69) is 53.0 Å². The van der Waals surface area contributed by atoms with Crippen molar-refractivity contribution in [3.63, 3.8) is 0 Å². The van der Waals surface area contributed by atoms with Crippen molar-refractivity contribution in [2.45, 2.75) is 32.9 Å². The molecule has 2 unspecified atom stereocenters. The summed E-state index contributed by atoms with van der Waals surface area (Å²) in [6.07, 6.45) is 4.95. The zero-order chi connectivity index (χ0) is 14.5. The van der Waals surface area contributed by atoms with Crippen molar-refractivity contribution in [1.82, 2.24) is 20.2 Å². The number of hydrogen-bond acceptors (Lipinski definition) is 5. The lowest BCUT2D eigenvalue weighted by molar-refractivity contribution is 0.266. The molecule has 0 amide bonds. The normalized spacial score (nSPS) is 22.8. The predicted octanol–water partition coefficient (Wildman–Crippen LogP) is 1.36. The SMILES string of the molecule is CCCNCc1cnc(N2CC(C)C(N(C)C)C2)cn1. The van der Waals surface area contributed by atoms with E-state index in [0.717, 1.165) is 44.1 Å². The van der Waals surface area contributed by atoms with Gasteiger partial charge in [0.15, 0.2) is 0 Å². The predicted molar refractivity (Wildman–Crippen MR) is 82.9 cm³/mol. The van der Waals surface area contributed by atoms with Gasteiger partial charge in [0.1, 0.15) is 5.82 Å². The van der Waals surface area contributed by atoms with Gasteiger partial charge in [-0.15, -0.1) is 0 Å². The Morgan fingerprint density at radius 3 is 2.65 bits per heavy atom. The van der Waals surface area contributed by atoms with Gasteiger partial charge in [0.2, 0.25) is 0 Å². The lowest BCUT2D eigenvalue weighted by Gasteiger charge is -2.22. The molecule has 5 heteroatoms. The summed E-state index contributed by atoms with van der Waals surface area (Å²) in [6.45, 7) is 8.40. The monoisotopic (exact) mass is 277 g/mol. The van der Waals surface area contributed by atoms with E-state index in [4.69, 9.17) is 0 Å². The first kappa shape index (κ1) is 15.2. The van der Waals surface area contributed by atoms with Crippen molar-refractivity contribution < 1.29 is 0 Å². The smallest absolute Gasteiger partial charge is 0.147 e. The number of nitrogens with one attached hydrogen (secondary N) is 1. The van der Waals surface area contributed by atoms with Gasteiger partial charge in [0.25, 0.3) is 0 Å². The molecule has 0 aromatic carbocycles. The molecule has 1 fully saturated rings. The van der Waals surface area contributed by atoms with E-state index in [0.29, 0.717) is 12.0 Å². The molecule has 2 atom stereocenters. The summed E-state index contributed by atoms with van der Waals surface area (Å²) in [5, 5.41) is 3.35. The second-order valence-electron chi connectivity index (χ2n) is 5.96. The van der Waals surface area contributed by atoms with Crippen molar-refractivity contribution >= 4 is 5.82 Å². The topological polar surface area (TPSA) is 44.3 Å². The molecule has 0 bridgehead atoms. The molecule has 112 valence electrons. The standard InChI is InChI=1S/C15H27N5/c1-5-6-16-7-13-8-18-15(9-17-13)20-10-12(2)14(11-20)19(3)4/h8-9,12,14,16H,5-7,10-11H2,1-4H3. The van der Waals surface area contributed by atoms with E-state index in [1.165, 1.54) is 0 Å². The van der Waals surface area contributed by atoms with E-state index in [9.17, 15) is 0 Å². The maximum atomic E-state index is 4.57. The van der Waals surface area contributed by atoms with Crippen LogP contribution in [0.15, 0.2) is 12.4 Å². The minimum absolute atomic E-state index is 0.600. The average molecular weight is 277 g/mol. The van der Waals surface area contributed by atoms with Crippen LogP contribution in [0.5, 0.6) is 0 Å². The van der Waals surface area contributed by atoms with Crippen LogP contribution in [0.3, 0.4) is 0 Å². The van der Waals surface area contributed by atoms with Crippen molar-refractivity contribution in [1.29, 1.82) is 0 Å².